The molecule has 1 saturated heterocycles. The van der Waals surface area contributed by atoms with Crippen molar-refractivity contribution in [1.82, 2.24) is 29.6 Å². The number of aryl methyl sites for hydroxylation is 3. The number of aliphatic hydroxyl groups is 1. The standard InChI is InChI=1S/C23H26N8O2/c1-13-8-25-23(27-19-7-14(2)30(3)29-19)28-21(13)17-9-24-22-16(17)5-4-6-18(22)26-20(33)12-31-10-15(32)11-31/h4-9,15,24,32H,10-12H2,1-3H3,(H,26,33)(H,25,27,28,29). The predicted molar refractivity (Wildman–Crippen MR) is 126 cm³/mol. The van der Waals surface area contributed by atoms with Gasteiger partial charge in [0.2, 0.25) is 11.9 Å². The zero-order valence-electron chi connectivity index (χ0n) is 18.8. The minimum absolute atomic E-state index is 0.110. The van der Waals surface area contributed by atoms with Gasteiger partial charge in [-0.3, -0.25) is 14.4 Å². The first kappa shape index (κ1) is 21.1. The maximum atomic E-state index is 12.5. The van der Waals surface area contributed by atoms with E-state index in [4.69, 9.17) is 4.98 Å². The van der Waals surface area contributed by atoms with E-state index in [0.717, 1.165) is 33.4 Å². The number of rotatable bonds is 6. The molecule has 170 valence electrons. The Labute approximate surface area is 190 Å². The topological polar surface area (TPSA) is 124 Å². The van der Waals surface area contributed by atoms with Gasteiger partial charge in [0.25, 0.3) is 0 Å². The number of nitrogens with one attached hydrogen (secondary N) is 3. The molecule has 1 aliphatic heterocycles. The summed E-state index contributed by atoms with van der Waals surface area (Å²) in [5.41, 5.74) is 5.22. The zero-order chi connectivity index (χ0) is 23.1. The van der Waals surface area contributed by atoms with E-state index >= 15 is 0 Å². The molecule has 4 N–H and O–H groups in total. The maximum Gasteiger partial charge on any atom is 0.238 e. The summed E-state index contributed by atoms with van der Waals surface area (Å²) in [6, 6.07) is 7.72. The summed E-state index contributed by atoms with van der Waals surface area (Å²) >= 11 is 0. The van der Waals surface area contributed by atoms with Crippen molar-refractivity contribution >= 4 is 34.3 Å². The van der Waals surface area contributed by atoms with Crippen molar-refractivity contribution in [3.8, 4) is 11.3 Å². The fourth-order valence-electron chi connectivity index (χ4n) is 4.03. The Morgan fingerprint density at radius 1 is 1.30 bits per heavy atom. The van der Waals surface area contributed by atoms with E-state index in [1.54, 1.807) is 10.9 Å². The number of anilines is 3. The summed E-state index contributed by atoms with van der Waals surface area (Å²) in [7, 11) is 1.89. The molecule has 33 heavy (non-hydrogen) atoms. The molecule has 4 heterocycles. The fraction of sp³-hybridized carbons (Fsp3) is 0.304. The molecule has 0 bridgehead atoms. The monoisotopic (exact) mass is 446 g/mol. The number of para-hydroxylation sites is 1. The van der Waals surface area contributed by atoms with E-state index in [1.165, 1.54) is 0 Å². The van der Waals surface area contributed by atoms with Crippen LogP contribution in [0.2, 0.25) is 0 Å². The number of hydrogen-bond donors (Lipinski definition) is 4. The third kappa shape index (κ3) is 4.18. The summed E-state index contributed by atoms with van der Waals surface area (Å²) in [5, 5.41) is 20.9. The Hall–Kier alpha value is -3.76. The van der Waals surface area contributed by atoms with Gasteiger partial charge >= 0.3 is 0 Å². The Kier molecular flexibility index (Phi) is 5.31. The number of nitrogens with zero attached hydrogens (tertiary/aromatic N) is 5. The van der Waals surface area contributed by atoms with Crippen LogP contribution in [0.15, 0.2) is 36.7 Å². The Bertz CT molecular complexity index is 1320. The lowest BCUT2D eigenvalue weighted by Crippen LogP contribution is -2.53. The van der Waals surface area contributed by atoms with Crippen LogP contribution < -0.4 is 10.6 Å². The van der Waals surface area contributed by atoms with Crippen LogP contribution in [-0.4, -0.2) is 66.4 Å². The van der Waals surface area contributed by atoms with Crippen molar-refractivity contribution < 1.29 is 9.90 Å². The van der Waals surface area contributed by atoms with Crippen molar-refractivity contribution in [2.45, 2.75) is 20.0 Å². The Balaban J connectivity index is 1.42. The summed E-state index contributed by atoms with van der Waals surface area (Å²) in [6.45, 7) is 5.27. The number of H-pyrrole nitrogens is 1. The van der Waals surface area contributed by atoms with Crippen LogP contribution in [-0.2, 0) is 11.8 Å². The minimum Gasteiger partial charge on any atom is -0.390 e. The number of aromatic amines is 1. The van der Waals surface area contributed by atoms with Crippen LogP contribution in [0, 0.1) is 13.8 Å². The predicted octanol–water partition coefficient (Wildman–Crippen LogP) is 2.33. The molecule has 1 fully saturated rings. The van der Waals surface area contributed by atoms with Crippen LogP contribution >= 0.6 is 0 Å². The lowest BCUT2D eigenvalue weighted by Gasteiger charge is -2.35. The lowest BCUT2D eigenvalue weighted by molar-refractivity contribution is -0.119. The second-order valence-electron chi connectivity index (χ2n) is 8.47. The van der Waals surface area contributed by atoms with E-state index < -0.39 is 0 Å². The molecule has 4 aromatic rings. The van der Waals surface area contributed by atoms with Crippen molar-refractivity contribution in [2.75, 3.05) is 30.3 Å². The van der Waals surface area contributed by atoms with Crippen molar-refractivity contribution in [2.24, 2.45) is 7.05 Å². The largest absolute Gasteiger partial charge is 0.390 e. The number of amides is 1. The summed E-state index contributed by atoms with van der Waals surface area (Å²) < 4.78 is 1.79. The number of benzene rings is 1. The third-order valence-corrected chi connectivity index (χ3v) is 5.88. The van der Waals surface area contributed by atoms with Gasteiger partial charge < -0.3 is 20.7 Å². The van der Waals surface area contributed by atoms with Gasteiger partial charge in [-0.2, -0.15) is 5.10 Å². The molecule has 0 radical (unpaired) electrons. The van der Waals surface area contributed by atoms with Gasteiger partial charge in [0.05, 0.1) is 29.5 Å². The molecule has 1 amide bonds. The first-order chi connectivity index (χ1) is 15.9. The van der Waals surface area contributed by atoms with E-state index in [2.05, 4.69) is 25.7 Å². The maximum absolute atomic E-state index is 12.5. The fourth-order valence-corrected chi connectivity index (χ4v) is 4.03. The van der Waals surface area contributed by atoms with Crippen LogP contribution in [0.5, 0.6) is 0 Å². The number of likely N-dealkylation sites (tertiary alicyclic amines) is 1. The highest BCUT2D eigenvalue weighted by Gasteiger charge is 2.26. The number of carbonyl (C=O) groups is 1. The zero-order valence-corrected chi connectivity index (χ0v) is 18.8. The number of carbonyl (C=O) groups excluding carboxylic acids is 1. The van der Waals surface area contributed by atoms with Crippen LogP contribution in [0.1, 0.15) is 11.3 Å². The first-order valence-corrected chi connectivity index (χ1v) is 10.8. The molecule has 0 unspecified atom stereocenters. The quantitative estimate of drug-likeness (QED) is 0.358. The Morgan fingerprint density at radius 2 is 2.12 bits per heavy atom. The molecule has 0 spiro atoms. The van der Waals surface area contributed by atoms with Crippen molar-refractivity contribution in [3.63, 3.8) is 0 Å². The molecular formula is C23H26N8O2. The highest BCUT2D eigenvalue weighted by molar-refractivity contribution is 6.06. The second-order valence-corrected chi connectivity index (χ2v) is 8.47. The molecule has 3 aromatic heterocycles. The second kappa shape index (κ2) is 8.30. The lowest BCUT2D eigenvalue weighted by atomic mass is 10.1. The minimum atomic E-state index is -0.329. The Morgan fingerprint density at radius 3 is 2.85 bits per heavy atom. The van der Waals surface area contributed by atoms with Gasteiger partial charge in [-0.1, -0.05) is 12.1 Å². The van der Waals surface area contributed by atoms with Crippen molar-refractivity contribution in [3.05, 3.63) is 47.9 Å². The van der Waals surface area contributed by atoms with Gasteiger partial charge in [-0.25, -0.2) is 9.97 Å². The average molecular weight is 447 g/mol. The van der Waals surface area contributed by atoms with Crippen LogP contribution in [0.3, 0.4) is 0 Å². The summed E-state index contributed by atoms with van der Waals surface area (Å²) in [6.07, 6.45) is 3.35. The molecule has 10 nitrogen and oxygen atoms in total. The summed E-state index contributed by atoms with van der Waals surface area (Å²) in [5.74, 6) is 1.04. The van der Waals surface area contributed by atoms with Gasteiger partial charge in [-0.05, 0) is 25.5 Å². The molecule has 0 atom stereocenters. The number of hydrogen-bond acceptors (Lipinski definition) is 7. The van der Waals surface area contributed by atoms with E-state index in [1.807, 2.05) is 56.3 Å². The SMILES string of the molecule is Cc1cnc(Nc2cc(C)n(C)n2)nc1-c1c[nH]c2c(NC(=O)CN3CC(O)C3)cccc12. The molecular weight excluding hydrogens is 420 g/mol. The van der Waals surface area contributed by atoms with Crippen molar-refractivity contribution in [1.29, 1.82) is 0 Å². The highest BCUT2D eigenvalue weighted by atomic mass is 16.3. The van der Waals surface area contributed by atoms with Gasteiger partial charge in [0.15, 0.2) is 5.82 Å². The van der Waals surface area contributed by atoms with Gasteiger partial charge in [0, 0.05) is 55.2 Å². The number of aliphatic hydroxyl groups excluding tert-OH is 1. The molecule has 1 aliphatic rings. The smallest absolute Gasteiger partial charge is 0.238 e. The molecule has 1 aromatic carbocycles. The van der Waals surface area contributed by atoms with E-state index in [9.17, 15) is 9.90 Å². The molecule has 0 aliphatic carbocycles. The first-order valence-electron chi connectivity index (χ1n) is 10.8. The van der Waals surface area contributed by atoms with Crippen LogP contribution in [0.4, 0.5) is 17.5 Å². The number of β-amino-alcohol motifs (C(OH)–C–C–N with tert-alkyl or cyclic N) is 1. The average Bonchev–Trinajstić information content (AvgIpc) is 3.32. The molecule has 10 heteroatoms. The number of aromatic nitrogens is 5. The van der Waals surface area contributed by atoms with Gasteiger partial charge in [-0.15, -0.1) is 0 Å². The van der Waals surface area contributed by atoms with E-state index in [0.29, 0.717) is 30.5 Å². The van der Waals surface area contributed by atoms with E-state index in [-0.39, 0.29) is 18.6 Å². The number of fused-ring (bicyclic) bond motifs is 1. The normalized spacial score (nSPS) is 14.4. The van der Waals surface area contributed by atoms with Gasteiger partial charge in [0.1, 0.15) is 0 Å². The van der Waals surface area contributed by atoms with Crippen LogP contribution in [0.25, 0.3) is 22.2 Å². The summed E-state index contributed by atoms with van der Waals surface area (Å²) in [4.78, 5) is 26.8. The molecule has 0 saturated carbocycles. The molecule has 5 rings (SSSR count). The third-order valence-electron chi connectivity index (χ3n) is 5.88. The highest BCUT2D eigenvalue weighted by Crippen LogP contribution is 2.33.